The monoisotopic (exact) mass is 347 g/mol. The van der Waals surface area contributed by atoms with E-state index in [-0.39, 0.29) is 24.8 Å². The first kappa shape index (κ1) is 15.4. The van der Waals surface area contributed by atoms with Gasteiger partial charge in [-0.2, -0.15) is 0 Å². The van der Waals surface area contributed by atoms with Crippen molar-refractivity contribution >= 4 is 27.6 Å². The van der Waals surface area contributed by atoms with Crippen LogP contribution in [0.1, 0.15) is 26.3 Å². The van der Waals surface area contributed by atoms with Gasteiger partial charge in [0, 0.05) is 22.1 Å². The van der Waals surface area contributed by atoms with Crippen LogP contribution in [-0.4, -0.2) is 29.9 Å². The van der Waals surface area contributed by atoms with Crippen molar-refractivity contribution in [3.63, 3.8) is 0 Å². The van der Waals surface area contributed by atoms with E-state index in [2.05, 4.69) is 21.2 Å². The summed E-state index contributed by atoms with van der Waals surface area (Å²) in [5.74, 6) is -0.581. The first-order valence-electron chi connectivity index (χ1n) is 6.42. The van der Waals surface area contributed by atoms with Gasteiger partial charge in [0.1, 0.15) is 0 Å². The first-order valence-corrected chi connectivity index (χ1v) is 7.21. The molecule has 0 aliphatic carbocycles. The molecule has 0 aliphatic heterocycles. The number of carbonyl (C=O) groups is 2. The molecule has 1 amide bonds. The molecular weight excluding hydrogens is 334 g/mol. The lowest BCUT2D eigenvalue weighted by atomic mass is 9.98. The van der Waals surface area contributed by atoms with Crippen molar-refractivity contribution in [1.29, 1.82) is 0 Å². The van der Waals surface area contributed by atoms with E-state index >= 15 is 0 Å². The Morgan fingerprint density at radius 3 is 2.24 bits per heavy atom. The van der Waals surface area contributed by atoms with Crippen molar-refractivity contribution in [3.8, 4) is 0 Å². The summed E-state index contributed by atoms with van der Waals surface area (Å²) in [6.45, 7) is 0.00814. The molecule has 4 nitrogen and oxygen atoms in total. The molecule has 2 aromatic carbocycles. The Bertz CT molecular complexity index is 653. The minimum atomic E-state index is -0.370. The van der Waals surface area contributed by atoms with Crippen LogP contribution >= 0.6 is 15.9 Å². The number of rotatable bonds is 5. The highest BCUT2D eigenvalue weighted by Gasteiger charge is 2.17. The Kier molecular flexibility index (Phi) is 5.25. The highest BCUT2D eigenvalue weighted by atomic mass is 79.9. The van der Waals surface area contributed by atoms with E-state index in [9.17, 15) is 9.59 Å². The van der Waals surface area contributed by atoms with Gasteiger partial charge in [-0.1, -0.05) is 34.1 Å². The van der Waals surface area contributed by atoms with Crippen LogP contribution in [-0.2, 0) is 0 Å². The van der Waals surface area contributed by atoms with Crippen molar-refractivity contribution in [1.82, 2.24) is 5.32 Å². The Balaban J connectivity index is 2.33. The van der Waals surface area contributed by atoms with Gasteiger partial charge < -0.3 is 10.4 Å². The van der Waals surface area contributed by atoms with Gasteiger partial charge in [-0.25, -0.2) is 0 Å². The van der Waals surface area contributed by atoms with Gasteiger partial charge in [0.25, 0.3) is 5.91 Å². The average Bonchev–Trinajstić information content (AvgIpc) is 2.52. The maximum atomic E-state index is 12.5. The molecule has 0 heterocycles. The maximum Gasteiger partial charge on any atom is 0.252 e. The Morgan fingerprint density at radius 1 is 1.00 bits per heavy atom. The van der Waals surface area contributed by atoms with Crippen molar-refractivity contribution in [2.24, 2.45) is 0 Å². The number of carbonyl (C=O) groups excluding carboxylic acids is 2. The largest absolute Gasteiger partial charge is 0.395 e. The molecule has 0 spiro atoms. The predicted molar refractivity (Wildman–Crippen MR) is 83.4 cm³/mol. The third-order valence-electron chi connectivity index (χ3n) is 2.92. The molecule has 0 unspecified atom stereocenters. The Hall–Kier alpha value is -1.98. The molecule has 2 rings (SSSR count). The topological polar surface area (TPSA) is 66.4 Å². The first-order chi connectivity index (χ1) is 10.1. The highest BCUT2D eigenvalue weighted by Crippen LogP contribution is 2.17. The van der Waals surface area contributed by atoms with Gasteiger partial charge >= 0.3 is 0 Å². The molecule has 0 atom stereocenters. The summed E-state index contributed by atoms with van der Waals surface area (Å²) in [7, 11) is 0. The normalized spacial score (nSPS) is 10.2. The van der Waals surface area contributed by atoms with E-state index in [1.807, 2.05) is 0 Å². The second-order valence-electron chi connectivity index (χ2n) is 4.36. The zero-order valence-corrected chi connectivity index (χ0v) is 12.8. The van der Waals surface area contributed by atoms with Gasteiger partial charge in [0.15, 0.2) is 5.78 Å². The van der Waals surface area contributed by atoms with Gasteiger partial charge in [-0.15, -0.1) is 0 Å². The van der Waals surface area contributed by atoms with Gasteiger partial charge in [-0.3, -0.25) is 9.59 Å². The number of aliphatic hydroxyl groups is 1. The Morgan fingerprint density at radius 2 is 1.62 bits per heavy atom. The summed E-state index contributed by atoms with van der Waals surface area (Å²) in [5.41, 5.74) is 1.16. The molecule has 0 aliphatic rings. The molecule has 2 aromatic rings. The van der Waals surface area contributed by atoms with E-state index in [0.717, 1.165) is 4.47 Å². The van der Waals surface area contributed by atoms with Crippen LogP contribution in [0.15, 0.2) is 53.0 Å². The highest BCUT2D eigenvalue weighted by molar-refractivity contribution is 9.10. The summed E-state index contributed by atoms with van der Waals surface area (Å²) in [5, 5.41) is 11.3. The third-order valence-corrected chi connectivity index (χ3v) is 3.45. The van der Waals surface area contributed by atoms with Crippen molar-refractivity contribution in [2.45, 2.75) is 0 Å². The number of aliphatic hydroxyl groups excluding tert-OH is 1. The fraction of sp³-hybridized carbons (Fsp3) is 0.125. The van der Waals surface area contributed by atoms with E-state index in [1.165, 1.54) is 0 Å². The number of halogens is 1. The van der Waals surface area contributed by atoms with Crippen LogP contribution < -0.4 is 5.32 Å². The van der Waals surface area contributed by atoms with Crippen molar-refractivity contribution in [2.75, 3.05) is 13.2 Å². The summed E-state index contributed by atoms with van der Waals surface area (Å²) >= 11 is 3.32. The minimum Gasteiger partial charge on any atom is -0.395 e. The van der Waals surface area contributed by atoms with E-state index in [0.29, 0.717) is 16.7 Å². The summed E-state index contributed by atoms with van der Waals surface area (Å²) in [4.78, 5) is 24.5. The number of ketones is 1. The second-order valence-corrected chi connectivity index (χ2v) is 5.28. The van der Waals surface area contributed by atoms with Crippen LogP contribution in [0.2, 0.25) is 0 Å². The fourth-order valence-corrected chi connectivity index (χ4v) is 2.16. The summed E-state index contributed by atoms with van der Waals surface area (Å²) in [6, 6.07) is 13.6. The average molecular weight is 348 g/mol. The zero-order valence-electron chi connectivity index (χ0n) is 11.2. The lowest BCUT2D eigenvalue weighted by Gasteiger charge is -2.09. The fourth-order valence-electron chi connectivity index (χ4n) is 1.90. The van der Waals surface area contributed by atoms with E-state index in [1.54, 1.807) is 48.5 Å². The van der Waals surface area contributed by atoms with Crippen LogP contribution in [0.4, 0.5) is 0 Å². The molecule has 0 aromatic heterocycles. The van der Waals surface area contributed by atoms with E-state index < -0.39 is 0 Å². The molecule has 0 fully saturated rings. The molecule has 2 N–H and O–H groups in total. The molecule has 21 heavy (non-hydrogen) atoms. The van der Waals surface area contributed by atoms with Crippen LogP contribution in [0.5, 0.6) is 0 Å². The molecule has 0 radical (unpaired) electrons. The minimum absolute atomic E-state index is 0.144. The van der Waals surface area contributed by atoms with Crippen LogP contribution in [0, 0.1) is 0 Å². The zero-order chi connectivity index (χ0) is 15.2. The molecule has 0 saturated carbocycles. The SMILES string of the molecule is O=C(NCCO)c1ccccc1C(=O)c1ccc(Br)cc1. The van der Waals surface area contributed by atoms with Crippen LogP contribution in [0.3, 0.4) is 0 Å². The Labute approximate surface area is 130 Å². The standard InChI is InChI=1S/C16H14BrNO3/c17-12-7-5-11(6-8-12)15(20)13-3-1-2-4-14(13)16(21)18-9-10-19/h1-8,19H,9-10H2,(H,18,21). The molecular formula is C16H14BrNO3. The molecule has 108 valence electrons. The number of hydrogen-bond acceptors (Lipinski definition) is 3. The third kappa shape index (κ3) is 3.77. The lowest BCUT2D eigenvalue weighted by Crippen LogP contribution is -2.28. The number of amides is 1. The number of hydrogen-bond donors (Lipinski definition) is 2. The maximum absolute atomic E-state index is 12.5. The second kappa shape index (κ2) is 7.15. The van der Waals surface area contributed by atoms with Crippen molar-refractivity contribution < 1.29 is 14.7 Å². The summed E-state index contributed by atoms with van der Waals surface area (Å²) < 4.78 is 0.882. The number of nitrogens with one attached hydrogen (secondary N) is 1. The molecule has 0 saturated heterocycles. The smallest absolute Gasteiger partial charge is 0.252 e. The molecule has 5 heteroatoms. The van der Waals surface area contributed by atoms with Crippen molar-refractivity contribution in [3.05, 3.63) is 69.7 Å². The van der Waals surface area contributed by atoms with Gasteiger partial charge in [-0.05, 0) is 30.3 Å². The quantitative estimate of drug-likeness (QED) is 0.816. The number of benzene rings is 2. The predicted octanol–water partition coefficient (Wildman–Crippen LogP) is 2.40. The lowest BCUT2D eigenvalue weighted by molar-refractivity contribution is 0.0934. The van der Waals surface area contributed by atoms with E-state index in [4.69, 9.17) is 5.11 Å². The van der Waals surface area contributed by atoms with Crippen LogP contribution in [0.25, 0.3) is 0 Å². The van der Waals surface area contributed by atoms with Gasteiger partial charge in [0.2, 0.25) is 0 Å². The summed E-state index contributed by atoms with van der Waals surface area (Å²) in [6.07, 6.45) is 0. The molecule has 0 bridgehead atoms. The van der Waals surface area contributed by atoms with Gasteiger partial charge in [0.05, 0.1) is 12.2 Å².